The molecule has 7 heteroatoms. The number of piperazine rings is 1. The van der Waals surface area contributed by atoms with Crippen molar-refractivity contribution in [2.45, 2.75) is 12.8 Å². The number of carbonyl (C=O) groups excluding carboxylic acids is 1. The van der Waals surface area contributed by atoms with Crippen LogP contribution < -0.4 is 4.74 Å². The smallest absolute Gasteiger partial charge is 0.406 e. The van der Waals surface area contributed by atoms with Gasteiger partial charge in [-0.1, -0.05) is 18.2 Å². The van der Waals surface area contributed by atoms with E-state index in [1.54, 1.807) is 4.90 Å². The molecule has 0 unspecified atom stereocenters. The maximum absolute atomic E-state index is 12.2. The zero-order chi connectivity index (χ0) is 16.9. The van der Waals surface area contributed by atoms with Crippen LogP contribution in [0.3, 0.4) is 0 Å². The highest BCUT2D eigenvalue weighted by Crippen LogP contribution is 2.23. The molecule has 23 heavy (non-hydrogen) atoms. The highest BCUT2D eigenvalue weighted by molar-refractivity contribution is 5.78. The molecular weight excluding hydrogens is 309 g/mol. The molecule has 1 fully saturated rings. The van der Waals surface area contributed by atoms with Crippen molar-refractivity contribution in [3.05, 3.63) is 42.5 Å². The largest absolute Gasteiger partial charge is 0.573 e. The summed E-state index contributed by atoms with van der Waals surface area (Å²) in [6, 6.07) is 5.40. The lowest BCUT2D eigenvalue weighted by Gasteiger charge is -2.34. The van der Waals surface area contributed by atoms with Crippen LogP contribution in [0.4, 0.5) is 13.2 Å². The van der Waals surface area contributed by atoms with Crippen LogP contribution in [-0.2, 0) is 11.2 Å². The quantitative estimate of drug-likeness (QED) is 0.779. The first kappa shape index (κ1) is 17.3. The number of amides is 1. The summed E-state index contributed by atoms with van der Waals surface area (Å²) in [7, 11) is 0. The van der Waals surface area contributed by atoms with Gasteiger partial charge in [-0.25, -0.2) is 0 Å². The van der Waals surface area contributed by atoms with E-state index in [4.69, 9.17) is 0 Å². The molecular formula is C16H19F3N2O2. The number of carbonyl (C=O) groups is 1. The van der Waals surface area contributed by atoms with E-state index in [0.29, 0.717) is 18.7 Å². The number of rotatable bonds is 5. The van der Waals surface area contributed by atoms with Crippen molar-refractivity contribution in [3.63, 3.8) is 0 Å². The van der Waals surface area contributed by atoms with Gasteiger partial charge in [0.2, 0.25) is 5.91 Å². The van der Waals surface area contributed by atoms with Crippen LogP contribution in [0.1, 0.15) is 5.56 Å². The SMILES string of the molecule is C=CCN1CCN(C(=O)Cc2ccc(OC(F)(F)F)cc2)CC1. The maximum Gasteiger partial charge on any atom is 0.573 e. The summed E-state index contributed by atoms with van der Waals surface area (Å²) in [6.45, 7) is 7.41. The van der Waals surface area contributed by atoms with Crippen LogP contribution in [0.15, 0.2) is 36.9 Å². The van der Waals surface area contributed by atoms with Crippen LogP contribution in [-0.4, -0.2) is 54.8 Å². The monoisotopic (exact) mass is 328 g/mol. The van der Waals surface area contributed by atoms with Gasteiger partial charge in [-0.05, 0) is 17.7 Å². The Bertz CT molecular complexity index is 535. The average Bonchev–Trinajstić information content (AvgIpc) is 2.49. The minimum absolute atomic E-state index is 0.0206. The Morgan fingerprint density at radius 3 is 2.30 bits per heavy atom. The van der Waals surface area contributed by atoms with Gasteiger partial charge in [-0.3, -0.25) is 9.69 Å². The van der Waals surface area contributed by atoms with Gasteiger partial charge in [0.15, 0.2) is 0 Å². The van der Waals surface area contributed by atoms with E-state index in [2.05, 4.69) is 16.2 Å². The molecule has 0 radical (unpaired) electrons. The number of alkyl halides is 3. The highest BCUT2D eigenvalue weighted by Gasteiger charge is 2.31. The predicted octanol–water partition coefficient (Wildman–Crippen LogP) is 2.46. The van der Waals surface area contributed by atoms with E-state index < -0.39 is 6.36 Å². The van der Waals surface area contributed by atoms with Crippen molar-refractivity contribution in [1.29, 1.82) is 0 Å². The summed E-state index contributed by atoms with van der Waals surface area (Å²) < 4.78 is 40.1. The fraction of sp³-hybridized carbons (Fsp3) is 0.438. The van der Waals surface area contributed by atoms with Gasteiger partial charge in [0, 0.05) is 32.7 Å². The zero-order valence-electron chi connectivity index (χ0n) is 12.7. The molecule has 1 saturated heterocycles. The van der Waals surface area contributed by atoms with Crippen LogP contribution in [0, 0.1) is 0 Å². The molecule has 1 aromatic carbocycles. The van der Waals surface area contributed by atoms with Crippen molar-refractivity contribution < 1.29 is 22.7 Å². The number of ether oxygens (including phenoxy) is 1. The Hall–Kier alpha value is -2.02. The van der Waals surface area contributed by atoms with Crippen molar-refractivity contribution in [2.24, 2.45) is 0 Å². The molecule has 126 valence electrons. The fourth-order valence-electron chi connectivity index (χ4n) is 2.46. The summed E-state index contributed by atoms with van der Waals surface area (Å²) in [4.78, 5) is 16.2. The average molecular weight is 328 g/mol. The molecule has 0 aromatic heterocycles. The lowest BCUT2D eigenvalue weighted by atomic mass is 10.1. The summed E-state index contributed by atoms with van der Waals surface area (Å²) in [5.41, 5.74) is 0.665. The predicted molar refractivity (Wildman–Crippen MR) is 80.0 cm³/mol. The first-order valence-electron chi connectivity index (χ1n) is 7.33. The third-order valence-electron chi connectivity index (χ3n) is 3.62. The molecule has 2 rings (SSSR count). The van der Waals surface area contributed by atoms with Gasteiger partial charge in [-0.2, -0.15) is 0 Å². The second-order valence-electron chi connectivity index (χ2n) is 5.34. The lowest BCUT2D eigenvalue weighted by molar-refractivity contribution is -0.274. The van der Waals surface area contributed by atoms with E-state index >= 15 is 0 Å². The summed E-state index contributed by atoms with van der Waals surface area (Å²) in [5, 5.41) is 0. The number of hydrogen-bond acceptors (Lipinski definition) is 3. The zero-order valence-corrected chi connectivity index (χ0v) is 12.7. The molecule has 1 amide bonds. The Labute approximate surface area is 133 Å². The number of nitrogens with zero attached hydrogens (tertiary/aromatic N) is 2. The Morgan fingerprint density at radius 1 is 1.17 bits per heavy atom. The minimum atomic E-state index is -4.71. The van der Waals surface area contributed by atoms with Crippen molar-refractivity contribution in [2.75, 3.05) is 32.7 Å². The van der Waals surface area contributed by atoms with Crippen LogP contribution in [0.25, 0.3) is 0 Å². The Balaban J connectivity index is 1.85. The van der Waals surface area contributed by atoms with Crippen LogP contribution >= 0.6 is 0 Å². The Kier molecular flexibility index (Phi) is 5.65. The molecule has 1 aromatic rings. The summed E-state index contributed by atoms with van der Waals surface area (Å²) >= 11 is 0. The van der Waals surface area contributed by atoms with Gasteiger partial charge in [0.25, 0.3) is 0 Å². The van der Waals surface area contributed by atoms with Gasteiger partial charge < -0.3 is 9.64 Å². The van der Waals surface area contributed by atoms with E-state index in [0.717, 1.165) is 19.6 Å². The molecule has 1 aliphatic heterocycles. The van der Waals surface area contributed by atoms with Crippen molar-refractivity contribution in [1.82, 2.24) is 9.80 Å². The number of halogens is 3. The first-order valence-corrected chi connectivity index (χ1v) is 7.33. The van der Waals surface area contributed by atoms with Crippen LogP contribution in [0.5, 0.6) is 5.75 Å². The molecule has 0 spiro atoms. The molecule has 0 saturated carbocycles. The van der Waals surface area contributed by atoms with Crippen molar-refractivity contribution >= 4 is 5.91 Å². The van der Waals surface area contributed by atoms with Gasteiger partial charge in [-0.15, -0.1) is 19.8 Å². The fourth-order valence-corrected chi connectivity index (χ4v) is 2.46. The normalized spacial score (nSPS) is 16.2. The molecule has 1 heterocycles. The van der Waals surface area contributed by atoms with Crippen LogP contribution in [0.2, 0.25) is 0 Å². The molecule has 4 nitrogen and oxygen atoms in total. The second-order valence-corrected chi connectivity index (χ2v) is 5.34. The molecule has 0 atom stereocenters. The topological polar surface area (TPSA) is 32.8 Å². The van der Waals surface area contributed by atoms with Gasteiger partial charge >= 0.3 is 6.36 Å². The van der Waals surface area contributed by atoms with Gasteiger partial charge in [0.05, 0.1) is 6.42 Å². The summed E-state index contributed by atoms with van der Waals surface area (Å²) in [5.74, 6) is -0.306. The minimum Gasteiger partial charge on any atom is -0.406 e. The number of benzene rings is 1. The first-order chi connectivity index (χ1) is 10.9. The lowest BCUT2D eigenvalue weighted by Crippen LogP contribution is -2.49. The van der Waals surface area contributed by atoms with E-state index in [1.165, 1.54) is 24.3 Å². The van der Waals surface area contributed by atoms with E-state index in [1.807, 2.05) is 6.08 Å². The molecule has 0 N–H and O–H groups in total. The number of hydrogen-bond donors (Lipinski definition) is 0. The third kappa shape index (κ3) is 5.59. The maximum atomic E-state index is 12.2. The van der Waals surface area contributed by atoms with Crippen molar-refractivity contribution in [3.8, 4) is 5.75 Å². The summed E-state index contributed by atoms with van der Waals surface area (Å²) in [6.07, 6.45) is -2.70. The highest BCUT2D eigenvalue weighted by atomic mass is 19.4. The van der Waals surface area contributed by atoms with E-state index in [9.17, 15) is 18.0 Å². The third-order valence-corrected chi connectivity index (χ3v) is 3.62. The Morgan fingerprint density at radius 2 is 1.78 bits per heavy atom. The molecule has 0 aliphatic carbocycles. The molecule has 1 aliphatic rings. The van der Waals surface area contributed by atoms with Gasteiger partial charge in [0.1, 0.15) is 5.75 Å². The van der Waals surface area contributed by atoms with E-state index in [-0.39, 0.29) is 18.1 Å². The molecule has 0 bridgehead atoms. The standard InChI is InChI=1S/C16H19F3N2O2/c1-2-7-20-8-10-21(11-9-20)15(22)12-13-3-5-14(6-4-13)23-16(17,18)19/h2-6H,1,7-12H2. The second kappa shape index (κ2) is 7.50.